The molecule has 1 unspecified atom stereocenters. The molecule has 108 valence electrons. The van der Waals surface area contributed by atoms with E-state index in [9.17, 15) is 9.18 Å². The molecule has 1 saturated heterocycles. The van der Waals surface area contributed by atoms with Gasteiger partial charge in [-0.1, -0.05) is 18.2 Å². The number of likely N-dealkylation sites (tertiary alicyclic amines) is 1. The van der Waals surface area contributed by atoms with Gasteiger partial charge in [0.25, 0.3) is 0 Å². The molecule has 0 bridgehead atoms. The Kier molecular flexibility index (Phi) is 3.90. The Bertz CT molecular complexity index is 632. The van der Waals surface area contributed by atoms with E-state index in [0.29, 0.717) is 24.9 Å². The molecule has 2 heterocycles. The molecule has 0 spiro atoms. The Balaban J connectivity index is 1.62. The van der Waals surface area contributed by atoms with Gasteiger partial charge < -0.3 is 4.90 Å². The zero-order valence-electron chi connectivity index (χ0n) is 11.6. The third-order valence-corrected chi connectivity index (χ3v) is 3.84. The average Bonchev–Trinajstić information content (AvgIpc) is 2.47. The lowest BCUT2D eigenvalue weighted by Crippen LogP contribution is -2.45. The number of aromatic nitrogens is 2. The molecule has 1 aliphatic rings. The molecular weight excluding hydrogens is 269 g/mol. The van der Waals surface area contributed by atoms with E-state index in [1.807, 2.05) is 0 Å². The quantitative estimate of drug-likeness (QED) is 0.867. The molecule has 1 aliphatic heterocycles. The monoisotopic (exact) mass is 285 g/mol. The van der Waals surface area contributed by atoms with E-state index in [0.717, 1.165) is 12.1 Å². The fourth-order valence-electron chi connectivity index (χ4n) is 2.60. The predicted molar refractivity (Wildman–Crippen MR) is 75.8 cm³/mol. The van der Waals surface area contributed by atoms with E-state index in [1.54, 1.807) is 35.4 Å². The number of halogens is 1. The van der Waals surface area contributed by atoms with Crippen LogP contribution in [0.3, 0.4) is 0 Å². The second-order valence-corrected chi connectivity index (χ2v) is 5.11. The van der Waals surface area contributed by atoms with Crippen LogP contribution in [-0.2, 0) is 11.2 Å². The van der Waals surface area contributed by atoms with Gasteiger partial charge in [0.05, 0.1) is 6.04 Å². The van der Waals surface area contributed by atoms with Crippen molar-refractivity contribution in [1.29, 1.82) is 0 Å². The lowest BCUT2D eigenvalue weighted by Gasteiger charge is -2.41. The number of aryl methyl sites for hydroxylation is 1. The fourth-order valence-corrected chi connectivity index (χ4v) is 2.60. The van der Waals surface area contributed by atoms with Crippen molar-refractivity contribution >= 4 is 5.91 Å². The minimum atomic E-state index is -0.240. The van der Waals surface area contributed by atoms with Crippen molar-refractivity contribution in [3.8, 4) is 0 Å². The first-order chi connectivity index (χ1) is 10.3. The van der Waals surface area contributed by atoms with Gasteiger partial charge in [0.2, 0.25) is 5.91 Å². The number of benzene rings is 1. The molecule has 1 amide bonds. The van der Waals surface area contributed by atoms with Crippen molar-refractivity contribution in [2.45, 2.75) is 25.3 Å². The molecule has 0 radical (unpaired) electrons. The zero-order valence-corrected chi connectivity index (χ0v) is 11.6. The number of carbonyl (C=O) groups excluding carboxylic acids is 1. The van der Waals surface area contributed by atoms with Crippen LogP contribution in [0.1, 0.15) is 30.1 Å². The van der Waals surface area contributed by atoms with Crippen molar-refractivity contribution in [3.63, 3.8) is 0 Å². The van der Waals surface area contributed by atoms with Crippen molar-refractivity contribution < 1.29 is 9.18 Å². The van der Waals surface area contributed by atoms with Crippen LogP contribution in [0.2, 0.25) is 0 Å². The van der Waals surface area contributed by atoms with E-state index < -0.39 is 0 Å². The summed E-state index contributed by atoms with van der Waals surface area (Å²) in [6, 6.07) is 8.35. The maximum absolute atomic E-state index is 13.8. The zero-order chi connectivity index (χ0) is 14.7. The van der Waals surface area contributed by atoms with Gasteiger partial charge in [0, 0.05) is 30.4 Å². The topological polar surface area (TPSA) is 46.1 Å². The summed E-state index contributed by atoms with van der Waals surface area (Å²) in [5, 5.41) is 0. The van der Waals surface area contributed by atoms with E-state index in [2.05, 4.69) is 9.97 Å². The third-order valence-electron chi connectivity index (χ3n) is 3.84. The van der Waals surface area contributed by atoms with Crippen LogP contribution >= 0.6 is 0 Å². The molecule has 0 aliphatic carbocycles. The summed E-state index contributed by atoms with van der Waals surface area (Å²) >= 11 is 0. The maximum atomic E-state index is 13.8. The maximum Gasteiger partial charge on any atom is 0.223 e. The van der Waals surface area contributed by atoms with E-state index in [1.165, 1.54) is 12.4 Å². The molecule has 21 heavy (non-hydrogen) atoms. The molecule has 0 saturated carbocycles. The van der Waals surface area contributed by atoms with E-state index >= 15 is 0 Å². The van der Waals surface area contributed by atoms with Crippen molar-refractivity contribution in [2.24, 2.45) is 0 Å². The second kappa shape index (κ2) is 5.99. The van der Waals surface area contributed by atoms with Gasteiger partial charge in [0.15, 0.2) is 0 Å². The lowest BCUT2D eigenvalue weighted by molar-refractivity contribution is -0.139. The molecule has 0 N–H and O–H groups in total. The van der Waals surface area contributed by atoms with Crippen molar-refractivity contribution in [3.05, 3.63) is 59.9 Å². The summed E-state index contributed by atoms with van der Waals surface area (Å²) in [5.74, 6) is -0.191. The molecule has 1 fully saturated rings. The normalized spacial score (nSPS) is 17.4. The highest BCUT2D eigenvalue weighted by atomic mass is 19.1. The Labute approximate surface area is 122 Å². The summed E-state index contributed by atoms with van der Waals surface area (Å²) in [4.78, 5) is 22.0. The van der Waals surface area contributed by atoms with Crippen LogP contribution in [0, 0.1) is 5.82 Å². The second-order valence-electron chi connectivity index (χ2n) is 5.11. The Morgan fingerprint density at radius 3 is 2.86 bits per heavy atom. The van der Waals surface area contributed by atoms with Crippen molar-refractivity contribution in [2.75, 3.05) is 6.54 Å². The highest BCUT2D eigenvalue weighted by molar-refractivity contribution is 5.77. The van der Waals surface area contributed by atoms with Gasteiger partial charge in [-0.25, -0.2) is 14.4 Å². The first kappa shape index (κ1) is 13.7. The van der Waals surface area contributed by atoms with Gasteiger partial charge >= 0.3 is 0 Å². The molecule has 5 heteroatoms. The van der Waals surface area contributed by atoms with Gasteiger partial charge in [-0.15, -0.1) is 0 Å². The average molecular weight is 285 g/mol. The van der Waals surface area contributed by atoms with Crippen LogP contribution in [0.15, 0.2) is 42.9 Å². The van der Waals surface area contributed by atoms with Crippen LogP contribution in [0.5, 0.6) is 0 Å². The Morgan fingerprint density at radius 2 is 2.19 bits per heavy atom. The number of hydrogen-bond donors (Lipinski definition) is 0. The van der Waals surface area contributed by atoms with Crippen LogP contribution in [0.4, 0.5) is 4.39 Å². The van der Waals surface area contributed by atoms with Crippen molar-refractivity contribution in [1.82, 2.24) is 14.9 Å². The first-order valence-corrected chi connectivity index (χ1v) is 7.04. The summed E-state index contributed by atoms with van der Waals surface area (Å²) < 4.78 is 13.8. The largest absolute Gasteiger partial charge is 0.335 e. The highest BCUT2D eigenvalue weighted by Gasteiger charge is 2.34. The molecule has 1 atom stereocenters. The van der Waals surface area contributed by atoms with Gasteiger partial charge in [-0.3, -0.25) is 4.79 Å². The summed E-state index contributed by atoms with van der Waals surface area (Å²) in [6.07, 6.45) is 4.94. The smallest absolute Gasteiger partial charge is 0.223 e. The number of nitrogens with zero attached hydrogens (tertiary/aromatic N) is 3. The molecule has 4 nitrogen and oxygen atoms in total. The fraction of sp³-hybridized carbons (Fsp3) is 0.312. The highest BCUT2D eigenvalue weighted by Crippen LogP contribution is 2.35. The first-order valence-electron chi connectivity index (χ1n) is 7.04. The van der Waals surface area contributed by atoms with Crippen LogP contribution in [-0.4, -0.2) is 27.3 Å². The minimum absolute atomic E-state index is 0.0492. The molecular formula is C16H16FN3O. The van der Waals surface area contributed by atoms with Gasteiger partial charge in [-0.05, 0) is 25.0 Å². The summed E-state index contributed by atoms with van der Waals surface area (Å²) in [7, 11) is 0. The molecule has 2 aromatic rings. The van der Waals surface area contributed by atoms with Gasteiger partial charge in [0.1, 0.15) is 12.1 Å². The van der Waals surface area contributed by atoms with Gasteiger partial charge in [-0.2, -0.15) is 0 Å². The Hall–Kier alpha value is -2.30. The number of amides is 1. The number of hydrogen-bond acceptors (Lipinski definition) is 3. The molecule has 1 aromatic carbocycles. The Morgan fingerprint density at radius 1 is 1.33 bits per heavy atom. The van der Waals surface area contributed by atoms with Crippen LogP contribution in [0.25, 0.3) is 0 Å². The predicted octanol–water partition coefficient (Wildman–Crippen LogP) is 2.52. The number of carbonyl (C=O) groups is 1. The summed E-state index contributed by atoms with van der Waals surface area (Å²) in [6.45, 7) is 0.696. The third kappa shape index (κ3) is 2.91. The lowest BCUT2D eigenvalue weighted by atomic mass is 9.93. The summed E-state index contributed by atoms with van der Waals surface area (Å²) in [5.41, 5.74) is 1.46. The van der Waals surface area contributed by atoms with E-state index in [-0.39, 0.29) is 17.8 Å². The SMILES string of the molecule is O=C(CCc1ccncn1)N1CCC1c1ccccc1F. The van der Waals surface area contributed by atoms with Crippen LogP contribution < -0.4 is 0 Å². The minimum Gasteiger partial charge on any atom is -0.335 e. The number of rotatable bonds is 4. The molecule has 1 aromatic heterocycles. The molecule has 3 rings (SSSR count). The van der Waals surface area contributed by atoms with E-state index in [4.69, 9.17) is 0 Å². The standard InChI is InChI=1S/C16H16FN3O/c17-14-4-2-1-3-13(14)15-8-10-20(15)16(21)6-5-12-7-9-18-11-19-12/h1-4,7,9,11,15H,5-6,8,10H2.